The molecule has 0 saturated carbocycles. The number of hydrogen-bond donors (Lipinski definition) is 1. The smallest absolute Gasteiger partial charge is 0.0327 e. The lowest BCUT2D eigenvalue weighted by Crippen LogP contribution is -2.57. The standard InChI is InChI=1S/C10H22N2S/c1-9(2)10(3,8-11)12-4-6-13-7-5-12/h9H,4-8,11H2,1-3H3. The molecule has 1 atom stereocenters. The SMILES string of the molecule is CC(C)C(C)(CN)N1CCSCC1. The van der Waals surface area contributed by atoms with Crippen molar-refractivity contribution in [2.24, 2.45) is 11.7 Å². The Morgan fingerprint density at radius 3 is 2.31 bits per heavy atom. The van der Waals surface area contributed by atoms with E-state index in [0.29, 0.717) is 5.92 Å². The molecular formula is C10H22N2S. The van der Waals surface area contributed by atoms with Crippen LogP contribution in [0.2, 0.25) is 0 Å². The van der Waals surface area contributed by atoms with E-state index >= 15 is 0 Å². The Labute approximate surface area is 86.2 Å². The minimum absolute atomic E-state index is 0.209. The summed E-state index contributed by atoms with van der Waals surface area (Å²) in [5, 5.41) is 0. The summed E-state index contributed by atoms with van der Waals surface area (Å²) in [6.45, 7) is 10.0. The van der Waals surface area contributed by atoms with Gasteiger partial charge in [0.2, 0.25) is 0 Å². The lowest BCUT2D eigenvalue weighted by atomic mass is 9.86. The van der Waals surface area contributed by atoms with Crippen molar-refractivity contribution >= 4 is 11.8 Å². The third-order valence-electron chi connectivity index (χ3n) is 3.39. The topological polar surface area (TPSA) is 29.3 Å². The summed E-state index contributed by atoms with van der Waals surface area (Å²) < 4.78 is 0. The normalized spacial score (nSPS) is 24.7. The monoisotopic (exact) mass is 202 g/mol. The van der Waals surface area contributed by atoms with Gasteiger partial charge in [0, 0.05) is 36.7 Å². The summed E-state index contributed by atoms with van der Waals surface area (Å²) in [5.41, 5.74) is 6.10. The summed E-state index contributed by atoms with van der Waals surface area (Å²) >= 11 is 2.05. The van der Waals surface area contributed by atoms with Crippen LogP contribution in [0.1, 0.15) is 20.8 Å². The maximum absolute atomic E-state index is 5.89. The molecule has 1 aliphatic rings. The van der Waals surface area contributed by atoms with E-state index in [2.05, 4.69) is 37.4 Å². The third-order valence-corrected chi connectivity index (χ3v) is 4.33. The molecule has 1 fully saturated rings. The van der Waals surface area contributed by atoms with E-state index in [1.807, 2.05) is 0 Å². The largest absolute Gasteiger partial charge is 0.329 e. The van der Waals surface area contributed by atoms with Crippen LogP contribution in [0.5, 0.6) is 0 Å². The Bertz CT molecular complexity index is 155. The Hall–Kier alpha value is 0.270. The molecule has 1 unspecified atom stereocenters. The third kappa shape index (κ3) is 2.39. The van der Waals surface area contributed by atoms with Gasteiger partial charge in [-0.3, -0.25) is 4.90 Å². The van der Waals surface area contributed by atoms with Gasteiger partial charge in [-0.15, -0.1) is 0 Å². The molecule has 0 aromatic carbocycles. The molecule has 0 aromatic heterocycles. The predicted octanol–water partition coefficient (Wildman–Crippen LogP) is 1.41. The van der Waals surface area contributed by atoms with Crippen LogP contribution in [0.3, 0.4) is 0 Å². The minimum Gasteiger partial charge on any atom is -0.329 e. The van der Waals surface area contributed by atoms with Crippen molar-refractivity contribution in [3.05, 3.63) is 0 Å². The Balaban J connectivity index is 2.62. The highest BCUT2D eigenvalue weighted by atomic mass is 32.2. The van der Waals surface area contributed by atoms with E-state index in [4.69, 9.17) is 5.73 Å². The molecule has 0 radical (unpaired) electrons. The number of nitrogens with two attached hydrogens (primary N) is 1. The zero-order valence-electron chi connectivity index (χ0n) is 9.05. The van der Waals surface area contributed by atoms with Gasteiger partial charge in [0.25, 0.3) is 0 Å². The van der Waals surface area contributed by atoms with Crippen LogP contribution in [0.25, 0.3) is 0 Å². The summed E-state index contributed by atoms with van der Waals surface area (Å²) in [7, 11) is 0. The molecule has 1 saturated heterocycles. The van der Waals surface area contributed by atoms with Gasteiger partial charge in [-0.25, -0.2) is 0 Å². The molecule has 78 valence electrons. The van der Waals surface area contributed by atoms with Gasteiger partial charge in [0.1, 0.15) is 0 Å². The second-order valence-electron chi connectivity index (χ2n) is 4.32. The van der Waals surface area contributed by atoms with Gasteiger partial charge in [-0.2, -0.15) is 11.8 Å². The highest BCUT2D eigenvalue weighted by molar-refractivity contribution is 7.99. The lowest BCUT2D eigenvalue weighted by Gasteiger charge is -2.45. The van der Waals surface area contributed by atoms with Gasteiger partial charge in [0.05, 0.1) is 0 Å². The average Bonchev–Trinajstić information content (AvgIpc) is 2.17. The molecule has 1 heterocycles. The first kappa shape index (κ1) is 11.3. The Morgan fingerprint density at radius 1 is 1.38 bits per heavy atom. The zero-order valence-corrected chi connectivity index (χ0v) is 9.86. The van der Waals surface area contributed by atoms with E-state index in [1.165, 1.54) is 24.6 Å². The lowest BCUT2D eigenvalue weighted by molar-refractivity contribution is 0.0779. The fourth-order valence-corrected chi connectivity index (χ4v) is 2.71. The van der Waals surface area contributed by atoms with Crippen LogP contribution in [-0.4, -0.2) is 41.6 Å². The fourth-order valence-electron chi connectivity index (χ4n) is 1.80. The van der Waals surface area contributed by atoms with Gasteiger partial charge in [0.15, 0.2) is 0 Å². The summed E-state index contributed by atoms with van der Waals surface area (Å²) in [6.07, 6.45) is 0. The van der Waals surface area contributed by atoms with Crippen molar-refractivity contribution in [1.82, 2.24) is 4.90 Å². The van der Waals surface area contributed by atoms with Crippen molar-refractivity contribution in [3.63, 3.8) is 0 Å². The van der Waals surface area contributed by atoms with Crippen molar-refractivity contribution in [1.29, 1.82) is 0 Å². The van der Waals surface area contributed by atoms with Crippen LogP contribution in [0, 0.1) is 5.92 Å². The van der Waals surface area contributed by atoms with Crippen LogP contribution in [0.15, 0.2) is 0 Å². The maximum Gasteiger partial charge on any atom is 0.0327 e. The van der Waals surface area contributed by atoms with Crippen LogP contribution in [-0.2, 0) is 0 Å². The zero-order chi connectivity index (χ0) is 9.90. The highest BCUT2D eigenvalue weighted by Crippen LogP contribution is 2.26. The highest BCUT2D eigenvalue weighted by Gasteiger charge is 2.34. The van der Waals surface area contributed by atoms with Gasteiger partial charge >= 0.3 is 0 Å². The number of thioether (sulfide) groups is 1. The van der Waals surface area contributed by atoms with Crippen LogP contribution >= 0.6 is 11.8 Å². The van der Waals surface area contributed by atoms with Crippen molar-refractivity contribution < 1.29 is 0 Å². The predicted molar refractivity (Wildman–Crippen MR) is 61.2 cm³/mol. The molecule has 0 aromatic rings. The van der Waals surface area contributed by atoms with Crippen molar-refractivity contribution in [2.45, 2.75) is 26.3 Å². The van der Waals surface area contributed by atoms with Crippen molar-refractivity contribution in [2.75, 3.05) is 31.1 Å². The first-order valence-corrected chi connectivity index (χ1v) is 6.29. The molecule has 2 nitrogen and oxygen atoms in total. The van der Waals surface area contributed by atoms with E-state index in [9.17, 15) is 0 Å². The van der Waals surface area contributed by atoms with Crippen LogP contribution < -0.4 is 5.73 Å². The summed E-state index contributed by atoms with van der Waals surface area (Å²) in [4.78, 5) is 2.56. The number of nitrogens with zero attached hydrogens (tertiary/aromatic N) is 1. The second kappa shape index (κ2) is 4.67. The molecule has 1 aliphatic heterocycles. The van der Waals surface area contributed by atoms with E-state index in [1.54, 1.807) is 0 Å². The van der Waals surface area contributed by atoms with E-state index in [0.717, 1.165) is 6.54 Å². The minimum atomic E-state index is 0.209. The first-order valence-electron chi connectivity index (χ1n) is 5.14. The maximum atomic E-state index is 5.89. The number of rotatable bonds is 3. The Kier molecular flexibility index (Phi) is 4.07. The molecule has 2 N–H and O–H groups in total. The first-order chi connectivity index (χ1) is 6.11. The molecule has 1 rings (SSSR count). The molecule has 3 heteroatoms. The average molecular weight is 202 g/mol. The van der Waals surface area contributed by atoms with Gasteiger partial charge in [-0.1, -0.05) is 13.8 Å². The number of hydrogen-bond acceptors (Lipinski definition) is 3. The van der Waals surface area contributed by atoms with E-state index in [-0.39, 0.29) is 5.54 Å². The van der Waals surface area contributed by atoms with Crippen molar-refractivity contribution in [3.8, 4) is 0 Å². The molecule has 0 aliphatic carbocycles. The molecule has 13 heavy (non-hydrogen) atoms. The molecule has 0 bridgehead atoms. The van der Waals surface area contributed by atoms with Gasteiger partial charge < -0.3 is 5.73 Å². The van der Waals surface area contributed by atoms with E-state index < -0.39 is 0 Å². The molecular weight excluding hydrogens is 180 g/mol. The summed E-state index contributed by atoms with van der Waals surface area (Å²) in [6, 6.07) is 0. The summed E-state index contributed by atoms with van der Waals surface area (Å²) in [5.74, 6) is 3.17. The molecule has 0 amide bonds. The quantitative estimate of drug-likeness (QED) is 0.750. The van der Waals surface area contributed by atoms with Gasteiger partial charge in [-0.05, 0) is 12.8 Å². The molecule has 0 spiro atoms. The second-order valence-corrected chi connectivity index (χ2v) is 5.54. The van der Waals surface area contributed by atoms with Crippen LogP contribution in [0.4, 0.5) is 0 Å². The fraction of sp³-hybridized carbons (Fsp3) is 1.00. The Morgan fingerprint density at radius 2 is 1.92 bits per heavy atom.